The van der Waals surface area contributed by atoms with Crippen LogP contribution in [0.2, 0.25) is 0 Å². The van der Waals surface area contributed by atoms with Gasteiger partial charge < -0.3 is 14.8 Å². The van der Waals surface area contributed by atoms with Crippen LogP contribution in [0.4, 0.5) is 0 Å². The first-order valence-electron chi connectivity index (χ1n) is 5.35. The van der Waals surface area contributed by atoms with Crippen molar-refractivity contribution in [3.63, 3.8) is 0 Å². The van der Waals surface area contributed by atoms with Gasteiger partial charge in [0.1, 0.15) is 6.04 Å². The molecule has 0 aromatic heterocycles. The molecule has 0 bridgehead atoms. The lowest BCUT2D eigenvalue weighted by atomic mass is 10.3. The van der Waals surface area contributed by atoms with Crippen LogP contribution in [0.3, 0.4) is 0 Å². The molecule has 0 aliphatic rings. The molecule has 0 rings (SSSR count). The normalized spacial score (nSPS) is 12.4. The maximum absolute atomic E-state index is 11.2. The standard InChI is InChI=1S/C11H19NO4/c1-4-15-10(13)7-6-8-12-9(3)11(14)16-5-2/h6-7,9,12H,4-5,8H2,1-3H3/b7-6+. The smallest absolute Gasteiger partial charge is 0.330 e. The molecule has 0 spiro atoms. The van der Waals surface area contributed by atoms with E-state index in [-0.39, 0.29) is 18.0 Å². The van der Waals surface area contributed by atoms with Crippen LogP contribution in [0.5, 0.6) is 0 Å². The molecule has 5 nitrogen and oxygen atoms in total. The van der Waals surface area contributed by atoms with Crippen LogP contribution in [0.25, 0.3) is 0 Å². The third-order valence-corrected chi connectivity index (χ3v) is 1.72. The Morgan fingerprint density at radius 3 is 2.44 bits per heavy atom. The van der Waals surface area contributed by atoms with Crippen LogP contribution in [0.15, 0.2) is 12.2 Å². The molecular formula is C11H19NO4. The monoisotopic (exact) mass is 229 g/mol. The number of rotatable bonds is 7. The van der Waals surface area contributed by atoms with E-state index in [0.29, 0.717) is 19.8 Å². The van der Waals surface area contributed by atoms with Gasteiger partial charge in [-0.3, -0.25) is 4.79 Å². The summed E-state index contributed by atoms with van der Waals surface area (Å²) in [5, 5.41) is 2.90. The van der Waals surface area contributed by atoms with E-state index in [2.05, 4.69) is 10.1 Å². The lowest BCUT2D eigenvalue weighted by Gasteiger charge is -2.10. The predicted octanol–water partition coefficient (Wildman–Crippen LogP) is 0.647. The minimum atomic E-state index is -0.383. The SMILES string of the molecule is CCOC(=O)/C=C/CNC(C)C(=O)OCC. The van der Waals surface area contributed by atoms with Crippen LogP contribution >= 0.6 is 0 Å². The maximum Gasteiger partial charge on any atom is 0.330 e. The summed E-state index contributed by atoms with van der Waals surface area (Å²) in [5.41, 5.74) is 0. The Labute approximate surface area is 95.8 Å². The van der Waals surface area contributed by atoms with Gasteiger partial charge in [-0.15, -0.1) is 0 Å². The van der Waals surface area contributed by atoms with E-state index in [1.165, 1.54) is 6.08 Å². The highest BCUT2D eigenvalue weighted by atomic mass is 16.5. The molecule has 0 radical (unpaired) electrons. The fourth-order valence-corrected chi connectivity index (χ4v) is 0.941. The Bertz CT molecular complexity index is 250. The molecule has 0 amide bonds. The first-order valence-corrected chi connectivity index (χ1v) is 5.35. The lowest BCUT2D eigenvalue weighted by Crippen LogP contribution is -2.35. The van der Waals surface area contributed by atoms with E-state index >= 15 is 0 Å². The number of hydrogen-bond acceptors (Lipinski definition) is 5. The van der Waals surface area contributed by atoms with Gasteiger partial charge in [0.25, 0.3) is 0 Å². The van der Waals surface area contributed by atoms with Gasteiger partial charge in [0.2, 0.25) is 0 Å². The zero-order chi connectivity index (χ0) is 12.4. The van der Waals surface area contributed by atoms with E-state index in [1.807, 2.05) is 0 Å². The Kier molecular flexibility index (Phi) is 8.15. The van der Waals surface area contributed by atoms with Gasteiger partial charge >= 0.3 is 11.9 Å². The molecule has 1 atom stereocenters. The third kappa shape index (κ3) is 7.00. The number of nitrogens with one attached hydrogen (secondary N) is 1. The molecule has 0 aromatic carbocycles. The lowest BCUT2D eigenvalue weighted by molar-refractivity contribution is -0.145. The van der Waals surface area contributed by atoms with Gasteiger partial charge in [0, 0.05) is 12.6 Å². The van der Waals surface area contributed by atoms with Crippen LogP contribution in [-0.2, 0) is 19.1 Å². The average Bonchev–Trinajstić information content (AvgIpc) is 2.24. The molecule has 0 heterocycles. The summed E-state index contributed by atoms with van der Waals surface area (Å²) in [4.78, 5) is 22.1. The van der Waals surface area contributed by atoms with Crippen molar-refractivity contribution in [1.82, 2.24) is 5.32 Å². The van der Waals surface area contributed by atoms with Crippen LogP contribution in [-0.4, -0.2) is 37.7 Å². The largest absolute Gasteiger partial charge is 0.465 e. The first-order chi connectivity index (χ1) is 7.61. The van der Waals surface area contributed by atoms with Gasteiger partial charge in [-0.1, -0.05) is 6.08 Å². The van der Waals surface area contributed by atoms with Gasteiger partial charge in [-0.25, -0.2) is 4.79 Å². The topological polar surface area (TPSA) is 64.6 Å². The van der Waals surface area contributed by atoms with Crippen molar-refractivity contribution in [2.24, 2.45) is 0 Å². The van der Waals surface area contributed by atoms with Gasteiger partial charge in [-0.05, 0) is 20.8 Å². The summed E-state index contributed by atoms with van der Waals surface area (Å²) in [6, 6.07) is -0.383. The summed E-state index contributed by atoms with van der Waals surface area (Å²) in [5.74, 6) is -0.680. The highest BCUT2D eigenvalue weighted by Gasteiger charge is 2.11. The molecule has 1 N–H and O–H groups in total. The average molecular weight is 229 g/mol. The van der Waals surface area contributed by atoms with E-state index in [0.717, 1.165) is 0 Å². The fourth-order valence-electron chi connectivity index (χ4n) is 0.941. The van der Waals surface area contributed by atoms with Crippen LogP contribution < -0.4 is 5.32 Å². The Hall–Kier alpha value is -1.36. The van der Waals surface area contributed by atoms with E-state index in [1.54, 1.807) is 26.8 Å². The van der Waals surface area contributed by atoms with Crippen LogP contribution in [0.1, 0.15) is 20.8 Å². The molecule has 0 saturated heterocycles. The first kappa shape index (κ1) is 14.6. The van der Waals surface area contributed by atoms with E-state index in [9.17, 15) is 9.59 Å². The number of carbonyl (C=O) groups excluding carboxylic acids is 2. The van der Waals surface area contributed by atoms with Gasteiger partial charge in [-0.2, -0.15) is 0 Å². The van der Waals surface area contributed by atoms with Crippen molar-refractivity contribution in [2.45, 2.75) is 26.8 Å². The van der Waals surface area contributed by atoms with Crippen LogP contribution in [0, 0.1) is 0 Å². The van der Waals surface area contributed by atoms with Crippen molar-refractivity contribution in [2.75, 3.05) is 19.8 Å². The Morgan fingerprint density at radius 1 is 1.25 bits per heavy atom. The van der Waals surface area contributed by atoms with Crippen molar-refractivity contribution in [3.8, 4) is 0 Å². The molecule has 16 heavy (non-hydrogen) atoms. The molecule has 0 aromatic rings. The molecular weight excluding hydrogens is 210 g/mol. The molecule has 0 aliphatic carbocycles. The van der Waals surface area contributed by atoms with Crippen molar-refractivity contribution < 1.29 is 19.1 Å². The highest BCUT2D eigenvalue weighted by molar-refractivity contribution is 5.81. The molecule has 0 fully saturated rings. The quantitative estimate of drug-likeness (QED) is 0.513. The fraction of sp³-hybridized carbons (Fsp3) is 0.636. The second-order valence-electron chi connectivity index (χ2n) is 3.04. The molecule has 1 unspecified atom stereocenters. The predicted molar refractivity (Wildman–Crippen MR) is 59.9 cm³/mol. The molecule has 0 aliphatic heterocycles. The zero-order valence-corrected chi connectivity index (χ0v) is 9.99. The summed E-state index contributed by atoms with van der Waals surface area (Å²) in [6.45, 7) is 6.34. The second-order valence-corrected chi connectivity index (χ2v) is 3.04. The maximum atomic E-state index is 11.2. The minimum absolute atomic E-state index is 0.299. The summed E-state index contributed by atoms with van der Waals surface area (Å²) in [6.07, 6.45) is 2.93. The Morgan fingerprint density at radius 2 is 1.88 bits per heavy atom. The van der Waals surface area contributed by atoms with Crippen molar-refractivity contribution in [1.29, 1.82) is 0 Å². The van der Waals surface area contributed by atoms with Gasteiger partial charge in [0.05, 0.1) is 13.2 Å². The third-order valence-electron chi connectivity index (χ3n) is 1.72. The van der Waals surface area contributed by atoms with E-state index < -0.39 is 0 Å². The number of hydrogen-bond donors (Lipinski definition) is 1. The molecule has 92 valence electrons. The number of esters is 2. The van der Waals surface area contributed by atoms with Crippen molar-refractivity contribution in [3.05, 3.63) is 12.2 Å². The highest BCUT2D eigenvalue weighted by Crippen LogP contribution is 1.88. The van der Waals surface area contributed by atoms with E-state index in [4.69, 9.17) is 4.74 Å². The zero-order valence-electron chi connectivity index (χ0n) is 9.99. The molecule has 0 saturated carbocycles. The second kappa shape index (κ2) is 8.91. The number of ether oxygens (including phenoxy) is 2. The summed E-state index contributed by atoms with van der Waals surface area (Å²) < 4.78 is 9.49. The van der Waals surface area contributed by atoms with Gasteiger partial charge in [0.15, 0.2) is 0 Å². The van der Waals surface area contributed by atoms with Crippen molar-refractivity contribution >= 4 is 11.9 Å². The molecule has 5 heteroatoms. The minimum Gasteiger partial charge on any atom is -0.465 e. The summed E-state index contributed by atoms with van der Waals surface area (Å²) in [7, 11) is 0. The Balaban J connectivity index is 3.72. The number of carbonyl (C=O) groups is 2. The summed E-state index contributed by atoms with van der Waals surface area (Å²) >= 11 is 0.